The number of amides is 1. The second-order valence-electron chi connectivity index (χ2n) is 5.18. The summed E-state index contributed by atoms with van der Waals surface area (Å²) in [7, 11) is 0. The van der Waals surface area contributed by atoms with Gasteiger partial charge in [0.15, 0.2) is 6.61 Å². The highest BCUT2D eigenvalue weighted by Gasteiger charge is 2.27. The standard InChI is InChI=1S/C15H22N2O2/c1-11-5-6-14(12(2)8-11)19-10-15(18)17-7-3-4-13(17)9-16/h5-6,8,13H,3-4,7,9-10,16H2,1-2H3. The zero-order chi connectivity index (χ0) is 13.8. The molecule has 19 heavy (non-hydrogen) atoms. The Morgan fingerprint density at radius 3 is 2.95 bits per heavy atom. The van der Waals surface area contributed by atoms with E-state index in [9.17, 15) is 4.79 Å². The Morgan fingerprint density at radius 2 is 2.26 bits per heavy atom. The van der Waals surface area contributed by atoms with Crippen LogP contribution in [0.2, 0.25) is 0 Å². The van der Waals surface area contributed by atoms with Crippen LogP contribution in [0.4, 0.5) is 0 Å². The van der Waals surface area contributed by atoms with E-state index in [1.54, 1.807) is 0 Å². The van der Waals surface area contributed by atoms with Crippen LogP contribution in [-0.4, -0.2) is 36.5 Å². The van der Waals surface area contributed by atoms with Gasteiger partial charge in [0.25, 0.3) is 5.91 Å². The molecule has 1 fully saturated rings. The average Bonchev–Trinajstić information content (AvgIpc) is 2.85. The quantitative estimate of drug-likeness (QED) is 0.897. The van der Waals surface area contributed by atoms with E-state index in [1.165, 1.54) is 5.56 Å². The molecular weight excluding hydrogens is 240 g/mol. The lowest BCUT2D eigenvalue weighted by Crippen LogP contribution is -2.42. The summed E-state index contributed by atoms with van der Waals surface area (Å²) in [6.07, 6.45) is 2.04. The van der Waals surface area contributed by atoms with Crippen molar-refractivity contribution in [2.24, 2.45) is 5.73 Å². The lowest BCUT2D eigenvalue weighted by Gasteiger charge is -2.23. The van der Waals surface area contributed by atoms with E-state index >= 15 is 0 Å². The van der Waals surface area contributed by atoms with Gasteiger partial charge >= 0.3 is 0 Å². The van der Waals surface area contributed by atoms with Crippen molar-refractivity contribution in [1.29, 1.82) is 0 Å². The van der Waals surface area contributed by atoms with Crippen LogP contribution in [0.15, 0.2) is 18.2 Å². The first-order valence-electron chi connectivity index (χ1n) is 6.81. The number of aryl methyl sites for hydroxylation is 2. The second-order valence-corrected chi connectivity index (χ2v) is 5.18. The molecule has 4 heteroatoms. The van der Waals surface area contributed by atoms with E-state index in [0.717, 1.165) is 30.7 Å². The molecule has 4 nitrogen and oxygen atoms in total. The van der Waals surface area contributed by atoms with Crippen molar-refractivity contribution in [3.8, 4) is 5.75 Å². The predicted octanol–water partition coefficient (Wildman–Crippen LogP) is 1.63. The molecule has 1 saturated heterocycles. The number of carbonyl (C=O) groups excluding carboxylic acids is 1. The zero-order valence-corrected chi connectivity index (χ0v) is 11.7. The highest BCUT2D eigenvalue weighted by molar-refractivity contribution is 5.78. The molecule has 1 atom stereocenters. The van der Waals surface area contributed by atoms with Gasteiger partial charge < -0.3 is 15.4 Å². The molecule has 1 aromatic rings. The van der Waals surface area contributed by atoms with Gasteiger partial charge in [-0.25, -0.2) is 0 Å². The Labute approximate surface area is 114 Å². The summed E-state index contributed by atoms with van der Waals surface area (Å²) < 4.78 is 5.63. The van der Waals surface area contributed by atoms with Gasteiger partial charge in [0.2, 0.25) is 0 Å². The van der Waals surface area contributed by atoms with Gasteiger partial charge in [0, 0.05) is 19.1 Å². The van der Waals surface area contributed by atoms with Crippen LogP contribution < -0.4 is 10.5 Å². The maximum absolute atomic E-state index is 12.1. The third kappa shape index (κ3) is 3.26. The number of carbonyl (C=O) groups is 1. The summed E-state index contributed by atoms with van der Waals surface area (Å²) >= 11 is 0. The van der Waals surface area contributed by atoms with Crippen molar-refractivity contribution < 1.29 is 9.53 Å². The number of nitrogens with two attached hydrogens (primary N) is 1. The van der Waals surface area contributed by atoms with Crippen molar-refractivity contribution >= 4 is 5.91 Å². The van der Waals surface area contributed by atoms with Crippen LogP contribution in [0, 0.1) is 13.8 Å². The molecular formula is C15H22N2O2. The Hall–Kier alpha value is -1.55. The minimum atomic E-state index is 0.0351. The number of likely N-dealkylation sites (tertiary alicyclic amines) is 1. The second kappa shape index (κ2) is 6.06. The number of nitrogens with zero attached hydrogens (tertiary/aromatic N) is 1. The minimum absolute atomic E-state index is 0.0351. The molecule has 1 amide bonds. The van der Waals surface area contributed by atoms with Crippen molar-refractivity contribution in [3.05, 3.63) is 29.3 Å². The van der Waals surface area contributed by atoms with Gasteiger partial charge in [-0.15, -0.1) is 0 Å². The van der Waals surface area contributed by atoms with E-state index < -0.39 is 0 Å². The smallest absolute Gasteiger partial charge is 0.260 e. The van der Waals surface area contributed by atoms with Gasteiger partial charge in [0.1, 0.15) is 5.75 Å². The fourth-order valence-electron chi connectivity index (χ4n) is 2.59. The third-order valence-electron chi connectivity index (χ3n) is 3.65. The molecule has 0 spiro atoms. The van der Waals surface area contributed by atoms with Crippen molar-refractivity contribution in [1.82, 2.24) is 4.90 Å². The van der Waals surface area contributed by atoms with Crippen LogP contribution in [0.25, 0.3) is 0 Å². The summed E-state index contributed by atoms with van der Waals surface area (Å²) in [4.78, 5) is 14.0. The number of hydrogen-bond acceptors (Lipinski definition) is 3. The fraction of sp³-hybridized carbons (Fsp3) is 0.533. The van der Waals surface area contributed by atoms with Gasteiger partial charge in [-0.05, 0) is 38.3 Å². The van der Waals surface area contributed by atoms with Crippen LogP contribution in [0.3, 0.4) is 0 Å². The lowest BCUT2D eigenvalue weighted by molar-refractivity contribution is -0.134. The molecule has 0 bridgehead atoms. The molecule has 104 valence electrons. The topological polar surface area (TPSA) is 55.6 Å². The summed E-state index contributed by atoms with van der Waals surface area (Å²) in [5.74, 6) is 0.815. The first-order valence-corrected chi connectivity index (χ1v) is 6.81. The lowest BCUT2D eigenvalue weighted by atomic mass is 10.1. The highest BCUT2D eigenvalue weighted by Crippen LogP contribution is 2.20. The largest absolute Gasteiger partial charge is 0.484 e. The fourth-order valence-corrected chi connectivity index (χ4v) is 2.59. The SMILES string of the molecule is Cc1ccc(OCC(=O)N2CCCC2CN)c(C)c1. The first kappa shape index (κ1) is 13.9. The van der Waals surface area contributed by atoms with Crippen LogP contribution in [0.1, 0.15) is 24.0 Å². The maximum Gasteiger partial charge on any atom is 0.260 e. The van der Waals surface area contributed by atoms with E-state index in [1.807, 2.05) is 30.9 Å². The van der Waals surface area contributed by atoms with E-state index in [0.29, 0.717) is 6.54 Å². The number of benzene rings is 1. The average molecular weight is 262 g/mol. The van der Waals surface area contributed by atoms with E-state index in [-0.39, 0.29) is 18.6 Å². The maximum atomic E-state index is 12.1. The van der Waals surface area contributed by atoms with E-state index in [4.69, 9.17) is 10.5 Å². The molecule has 0 aliphatic carbocycles. The van der Waals surface area contributed by atoms with Crippen molar-refractivity contribution in [2.75, 3.05) is 19.7 Å². The van der Waals surface area contributed by atoms with Crippen LogP contribution in [-0.2, 0) is 4.79 Å². The van der Waals surface area contributed by atoms with E-state index in [2.05, 4.69) is 6.07 Å². The first-order chi connectivity index (χ1) is 9.11. The summed E-state index contributed by atoms with van der Waals surface area (Å²) in [6, 6.07) is 6.15. The summed E-state index contributed by atoms with van der Waals surface area (Å²) in [6.45, 7) is 5.47. The van der Waals surface area contributed by atoms with Crippen molar-refractivity contribution in [2.45, 2.75) is 32.7 Å². The molecule has 0 saturated carbocycles. The number of hydrogen-bond donors (Lipinski definition) is 1. The van der Waals surface area contributed by atoms with Gasteiger partial charge in [-0.2, -0.15) is 0 Å². The monoisotopic (exact) mass is 262 g/mol. The van der Waals surface area contributed by atoms with Gasteiger partial charge in [-0.3, -0.25) is 4.79 Å². The molecule has 1 aliphatic rings. The van der Waals surface area contributed by atoms with Gasteiger partial charge in [-0.1, -0.05) is 17.7 Å². The zero-order valence-electron chi connectivity index (χ0n) is 11.7. The molecule has 1 heterocycles. The van der Waals surface area contributed by atoms with Crippen LogP contribution >= 0.6 is 0 Å². The Balaban J connectivity index is 1.93. The van der Waals surface area contributed by atoms with Crippen molar-refractivity contribution in [3.63, 3.8) is 0 Å². The Morgan fingerprint density at radius 1 is 1.47 bits per heavy atom. The number of rotatable bonds is 4. The molecule has 0 aromatic heterocycles. The summed E-state index contributed by atoms with van der Waals surface area (Å²) in [5.41, 5.74) is 7.93. The summed E-state index contributed by atoms with van der Waals surface area (Å²) in [5, 5.41) is 0. The molecule has 1 aromatic carbocycles. The predicted molar refractivity (Wildman–Crippen MR) is 75.2 cm³/mol. The number of ether oxygens (including phenoxy) is 1. The molecule has 2 N–H and O–H groups in total. The van der Waals surface area contributed by atoms with Gasteiger partial charge in [0.05, 0.1) is 0 Å². The van der Waals surface area contributed by atoms with Crippen LogP contribution in [0.5, 0.6) is 5.75 Å². The third-order valence-corrected chi connectivity index (χ3v) is 3.65. The molecule has 0 radical (unpaired) electrons. The highest BCUT2D eigenvalue weighted by atomic mass is 16.5. The Kier molecular flexibility index (Phi) is 4.43. The minimum Gasteiger partial charge on any atom is -0.484 e. The normalized spacial score (nSPS) is 18.7. The molecule has 2 rings (SSSR count). The molecule has 1 unspecified atom stereocenters. The Bertz CT molecular complexity index is 459. The molecule has 1 aliphatic heterocycles.